The minimum absolute atomic E-state index is 0.00841. The van der Waals surface area contributed by atoms with E-state index in [9.17, 15) is 9.59 Å². The molecule has 0 radical (unpaired) electrons. The maximum atomic E-state index is 12.5. The lowest BCUT2D eigenvalue weighted by atomic mass is 9.86. The summed E-state index contributed by atoms with van der Waals surface area (Å²) >= 11 is 0. The minimum atomic E-state index is -0.383. The molecule has 2 unspecified atom stereocenters. The average molecular weight is 328 g/mol. The molecule has 5 nitrogen and oxygen atoms in total. The summed E-state index contributed by atoms with van der Waals surface area (Å²) in [6.07, 6.45) is 6.35. The van der Waals surface area contributed by atoms with E-state index in [1.54, 1.807) is 6.20 Å². The molecule has 24 heavy (non-hydrogen) atoms. The molecule has 1 aliphatic carbocycles. The van der Waals surface area contributed by atoms with Crippen LogP contribution < -0.4 is 5.32 Å². The van der Waals surface area contributed by atoms with E-state index in [4.69, 9.17) is 4.74 Å². The van der Waals surface area contributed by atoms with E-state index < -0.39 is 0 Å². The van der Waals surface area contributed by atoms with Crippen LogP contribution in [-0.4, -0.2) is 29.6 Å². The van der Waals surface area contributed by atoms with Crippen molar-refractivity contribution in [3.8, 4) is 0 Å². The Balaban J connectivity index is 1.79. The topological polar surface area (TPSA) is 60.3 Å². The highest BCUT2D eigenvalue weighted by Gasteiger charge is 2.23. The fourth-order valence-corrected chi connectivity index (χ4v) is 3.59. The summed E-state index contributed by atoms with van der Waals surface area (Å²) in [5.74, 6) is 0.131. The van der Waals surface area contributed by atoms with Crippen molar-refractivity contribution in [1.82, 2.24) is 9.88 Å². The number of hydrogen-bond acceptors (Lipinski definition) is 3. The van der Waals surface area contributed by atoms with Gasteiger partial charge in [0.2, 0.25) is 5.91 Å². The molecule has 0 spiro atoms. The zero-order valence-corrected chi connectivity index (χ0v) is 14.2. The van der Waals surface area contributed by atoms with E-state index in [1.807, 2.05) is 28.8 Å². The predicted molar refractivity (Wildman–Crippen MR) is 92.8 cm³/mol. The number of carbonyl (C=O) groups excluding carboxylic acids is 2. The van der Waals surface area contributed by atoms with E-state index in [0.29, 0.717) is 11.5 Å². The van der Waals surface area contributed by atoms with Gasteiger partial charge in [-0.3, -0.25) is 4.79 Å². The minimum Gasteiger partial charge on any atom is -0.465 e. The number of rotatable bonds is 4. The summed E-state index contributed by atoms with van der Waals surface area (Å²) in [5, 5.41) is 3.97. The summed E-state index contributed by atoms with van der Waals surface area (Å²) in [6.45, 7) is 2.41. The summed E-state index contributed by atoms with van der Waals surface area (Å²) in [5.41, 5.74) is 1.36. The molecule has 1 saturated carbocycles. The van der Waals surface area contributed by atoms with Crippen molar-refractivity contribution in [3.05, 3.63) is 36.0 Å². The first kappa shape index (κ1) is 16.6. The molecule has 2 aromatic rings. The van der Waals surface area contributed by atoms with Crippen LogP contribution in [0, 0.1) is 5.92 Å². The summed E-state index contributed by atoms with van der Waals surface area (Å²) in [6, 6.07) is 7.83. The molecule has 1 aromatic carbocycles. The third kappa shape index (κ3) is 3.30. The number of aromatic nitrogens is 1. The molecule has 1 aliphatic rings. The van der Waals surface area contributed by atoms with Crippen LogP contribution in [0.2, 0.25) is 0 Å². The number of benzene rings is 1. The highest BCUT2D eigenvalue weighted by Crippen LogP contribution is 2.24. The number of esters is 1. The number of nitrogens with one attached hydrogen (secondary N) is 1. The third-order valence-electron chi connectivity index (χ3n) is 4.97. The number of hydrogen-bond donors (Lipinski definition) is 1. The van der Waals surface area contributed by atoms with Gasteiger partial charge in [-0.1, -0.05) is 38.0 Å². The molecule has 0 saturated heterocycles. The number of para-hydroxylation sites is 1. The lowest BCUT2D eigenvalue weighted by Gasteiger charge is -2.29. The zero-order valence-electron chi connectivity index (χ0n) is 14.2. The second-order valence-electron chi connectivity index (χ2n) is 6.62. The second-order valence-corrected chi connectivity index (χ2v) is 6.62. The molecule has 0 bridgehead atoms. The Morgan fingerprint density at radius 3 is 2.75 bits per heavy atom. The zero-order chi connectivity index (χ0) is 17.1. The third-order valence-corrected chi connectivity index (χ3v) is 4.97. The Labute approximate surface area is 142 Å². The summed E-state index contributed by atoms with van der Waals surface area (Å²) in [4.78, 5) is 24.4. The molecule has 1 aromatic heterocycles. The summed E-state index contributed by atoms with van der Waals surface area (Å²) in [7, 11) is 1.37. The maximum absolute atomic E-state index is 12.5. The first-order valence-electron chi connectivity index (χ1n) is 8.55. The normalized spacial score (nSPS) is 20.8. The van der Waals surface area contributed by atoms with Gasteiger partial charge in [0.15, 0.2) is 0 Å². The van der Waals surface area contributed by atoms with Crippen LogP contribution >= 0.6 is 0 Å². The van der Waals surface area contributed by atoms with Gasteiger partial charge in [0.25, 0.3) is 0 Å². The Morgan fingerprint density at radius 1 is 1.25 bits per heavy atom. The number of ether oxygens (including phenoxy) is 1. The second kappa shape index (κ2) is 7.07. The molecule has 1 amide bonds. The van der Waals surface area contributed by atoms with Crippen molar-refractivity contribution in [2.45, 2.75) is 45.2 Å². The van der Waals surface area contributed by atoms with E-state index in [2.05, 4.69) is 12.2 Å². The van der Waals surface area contributed by atoms with Crippen molar-refractivity contribution in [2.75, 3.05) is 7.11 Å². The largest absolute Gasteiger partial charge is 0.465 e. The number of nitrogens with zero attached hydrogens (tertiary/aromatic N) is 1. The molecule has 1 N–H and O–H groups in total. The smallest absolute Gasteiger partial charge is 0.340 e. The summed E-state index contributed by atoms with van der Waals surface area (Å²) < 4.78 is 6.67. The Kier molecular flexibility index (Phi) is 4.88. The van der Waals surface area contributed by atoms with Crippen molar-refractivity contribution < 1.29 is 14.3 Å². The molecule has 2 atom stereocenters. The monoisotopic (exact) mass is 328 g/mol. The quantitative estimate of drug-likeness (QED) is 0.877. The van der Waals surface area contributed by atoms with Crippen LogP contribution in [0.15, 0.2) is 30.5 Å². The van der Waals surface area contributed by atoms with Crippen LogP contribution in [0.1, 0.15) is 43.0 Å². The highest BCUT2D eigenvalue weighted by atomic mass is 16.5. The van der Waals surface area contributed by atoms with E-state index in [-0.39, 0.29) is 24.5 Å². The van der Waals surface area contributed by atoms with Gasteiger partial charge < -0.3 is 14.6 Å². The Bertz CT molecular complexity index is 750. The number of methoxy groups -OCH3 is 1. The van der Waals surface area contributed by atoms with Crippen LogP contribution in [0.3, 0.4) is 0 Å². The van der Waals surface area contributed by atoms with E-state index in [0.717, 1.165) is 17.3 Å². The average Bonchev–Trinajstić information content (AvgIpc) is 2.95. The van der Waals surface area contributed by atoms with Gasteiger partial charge in [0.1, 0.15) is 6.54 Å². The molecular weight excluding hydrogens is 304 g/mol. The molecule has 1 heterocycles. The van der Waals surface area contributed by atoms with Crippen molar-refractivity contribution in [1.29, 1.82) is 0 Å². The SMILES string of the molecule is COC(=O)c1cn(CC(=O)NC2CCCCC2C)c2ccccc12. The molecule has 5 heteroatoms. The van der Waals surface area contributed by atoms with Gasteiger partial charge in [-0.2, -0.15) is 0 Å². The van der Waals surface area contributed by atoms with Gasteiger partial charge in [-0.15, -0.1) is 0 Å². The highest BCUT2D eigenvalue weighted by molar-refractivity contribution is 6.04. The van der Waals surface area contributed by atoms with Gasteiger partial charge in [-0.05, 0) is 24.8 Å². The van der Waals surface area contributed by atoms with Gasteiger partial charge in [0.05, 0.1) is 12.7 Å². The molecule has 128 valence electrons. The first-order valence-corrected chi connectivity index (χ1v) is 8.55. The first-order chi connectivity index (χ1) is 11.6. The molecule has 3 rings (SSSR count). The molecular formula is C19H24N2O3. The standard InChI is InChI=1S/C19H24N2O3/c1-13-7-3-5-9-16(13)20-18(22)12-21-11-15(19(23)24-2)14-8-4-6-10-17(14)21/h4,6,8,10-11,13,16H,3,5,7,9,12H2,1-2H3,(H,20,22). The van der Waals surface area contributed by atoms with Crippen LogP contribution in [0.4, 0.5) is 0 Å². The molecule has 0 aliphatic heterocycles. The Hall–Kier alpha value is -2.30. The van der Waals surface area contributed by atoms with Crippen molar-refractivity contribution in [2.24, 2.45) is 5.92 Å². The van der Waals surface area contributed by atoms with Crippen molar-refractivity contribution in [3.63, 3.8) is 0 Å². The predicted octanol–water partition coefficient (Wildman–Crippen LogP) is 3.12. The lowest BCUT2D eigenvalue weighted by Crippen LogP contribution is -2.42. The maximum Gasteiger partial charge on any atom is 0.340 e. The number of carbonyl (C=O) groups is 2. The number of amides is 1. The molecule has 1 fully saturated rings. The lowest BCUT2D eigenvalue weighted by molar-refractivity contribution is -0.122. The van der Waals surface area contributed by atoms with Crippen molar-refractivity contribution >= 4 is 22.8 Å². The van der Waals surface area contributed by atoms with Crippen LogP contribution in [-0.2, 0) is 16.1 Å². The van der Waals surface area contributed by atoms with E-state index >= 15 is 0 Å². The van der Waals surface area contributed by atoms with E-state index in [1.165, 1.54) is 26.4 Å². The Morgan fingerprint density at radius 2 is 2.00 bits per heavy atom. The van der Waals surface area contributed by atoms with Crippen LogP contribution in [0.25, 0.3) is 10.9 Å². The van der Waals surface area contributed by atoms with Gasteiger partial charge >= 0.3 is 5.97 Å². The van der Waals surface area contributed by atoms with Gasteiger partial charge in [0, 0.05) is 23.1 Å². The fourth-order valence-electron chi connectivity index (χ4n) is 3.59. The van der Waals surface area contributed by atoms with Gasteiger partial charge in [-0.25, -0.2) is 4.79 Å². The van der Waals surface area contributed by atoms with Crippen LogP contribution in [0.5, 0.6) is 0 Å². The number of fused-ring (bicyclic) bond motifs is 1. The fraction of sp³-hybridized carbons (Fsp3) is 0.474.